The Morgan fingerprint density at radius 1 is 1.32 bits per heavy atom. The highest BCUT2D eigenvalue weighted by Gasteiger charge is 2.27. The molecule has 0 atom stereocenters. The molecule has 2 rings (SSSR count). The van der Waals surface area contributed by atoms with Gasteiger partial charge in [0.15, 0.2) is 0 Å². The summed E-state index contributed by atoms with van der Waals surface area (Å²) in [5.74, 6) is 2.89. The highest BCUT2D eigenvalue weighted by atomic mass is 15.1. The second kappa shape index (κ2) is 6.70. The van der Waals surface area contributed by atoms with Crippen molar-refractivity contribution >= 4 is 11.6 Å². The average Bonchev–Trinajstić information content (AvgIpc) is 3.23. The Bertz CT molecular complexity index is 399. The molecule has 0 amide bonds. The van der Waals surface area contributed by atoms with Crippen molar-refractivity contribution in [2.75, 3.05) is 37.2 Å². The third kappa shape index (κ3) is 4.35. The predicted molar refractivity (Wildman–Crippen MR) is 79.3 cm³/mol. The van der Waals surface area contributed by atoms with Gasteiger partial charge in [0.25, 0.3) is 0 Å². The van der Waals surface area contributed by atoms with Gasteiger partial charge in [0.1, 0.15) is 17.5 Å². The van der Waals surface area contributed by atoms with Crippen molar-refractivity contribution in [3.8, 4) is 0 Å². The van der Waals surface area contributed by atoms with Gasteiger partial charge in [-0.3, -0.25) is 0 Å². The van der Waals surface area contributed by atoms with Gasteiger partial charge < -0.3 is 16.0 Å². The molecule has 1 fully saturated rings. The van der Waals surface area contributed by atoms with Crippen molar-refractivity contribution in [1.82, 2.24) is 14.9 Å². The lowest BCUT2D eigenvalue weighted by Crippen LogP contribution is -2.25. The fraction of sp³-hybridized carbons (Fsp3) is 0.714. The van der Waals surface area contributed by atoms with E-state index in [1.165, 1.54) is 12.8 Å². The number of anilines is 2. The lowest BCUT2D eigenvalue weighted by atomic mass is 10.3. The van der Waals surface area contributed by atoms with Crippen molar-refractivity contribution in [3.05, 3.63) is 11.9 Å². The fourth-order valence-electron chi connectivity index (χ4n) is 2.16. The number of hydrogen-bond acceptors (Lipinski definition) is 5. The average molecular weight is 263 g/mol. The molecule has 1 aromatic rings. The fourth-order valence-corrected chi connectivity index (χ4v) is 2.16. The maximum Gasteiger partial charge on any atom is 0.136 e. The largest absolute Gasteiger partial charge is 0.384 e. The molecular weight excluding hydrogens is 238 g/mol. The van der Waals surface area contributed by atoms with Gasteiger partial charge in [0.05, 0.1) is 0 Å². The second-order valence-electron chi connectivity index (χ2n) is 5.12. The van der Waals surface area contributed by atoms with Gasteiger partial charge in [0, 0.05) is 18.5 Å². The summed E-state index contributed by atoms with van der Waals surface area (Å²) in [5, 5.41) is 3.35. The molecule has 0 aliphatic heterocycles. The van der Waals surface area contributed by atoms with Crippen LogP contribution in [0.3, 0.4) is 0 Å². The molecule has 0 radical (unpaired) electrons. The number of nitrogens with one attached hydrogen (secondary N) is 1. The lowest BCUT2D eigenvalue weighted by Gasteiger charge is -2.17. The molecule has 0 bridgehead atoms. The van der Waals surface area contributed by atoms with Crippen molar-refractivity contribution < 1.29 is 0 Å². The smallest absolute Gasteiger partial charge is 0.136 e. The number of nitrogen functional groups attached to an aromatic ring is 1. The van der Waals surface area contributed by atoms with E-state index >= 15 is 0 Å². The monoisotopic (exact) mass is 263 g/mol. The van der Waals surface area contributed by atoms with Gasteiger partial charge >= 0.3 is 0 Å². The summed E-state index contributed by atoms with van der Waals surface area (Å²) in [6, 6.07) is 1.82. The van der Waals surface area contributed by atoms with Gasteiger partial charge in [0.2, 0.25) is 0 Å². The molecular formula is C14H25N5. The van der Waals surface area contributed by atoms with Crippen LogP contribution in [0.25, 0.3) is 0 Å². The summed E-state index contributed by atoms with van der Waals surface area (Å²) in [5.41, 5.74) is 5.82. The van der Waals surface area contributed by atoms with Crippen LogP contribution in [0.4, 0.5) is 11.6 Å². The molecule has 1 aliphatic carbocycles. The first kappa shape index (κ1) is 14.1. The minimum atomic E-state index is 0.541. The standard InChI is InChI=1S/C14H25N5/c1-3-19(4-2)9-5-8-16-13-10-12(15)17-14(18-13)11-6-7-11/h10-11H,3-9H2,1-2H3,(H3,15,16,17,18). The third-order valence-electron chi connectivity index (χ3n) is 3.56. The first-order chi connectivity index (χ1) is 9.22. The Morgan fingerprint density at radius 2 is 2.05 bits per heavy atom. The van der Waals surface area contributed by atoms with Crippen LogP contribution in [0.1, 0.15) is 44.9 Å². The first-order valence-electron chi connectivity index (χ1n) is 7.33. The Balaban J connectivity index is 1.79. The zero-order valence-electron chi connectivity index (χ0n) is 12.0. The minimum absolute atomic E-state index is 0.541. The van der Waals surface area contributed by atoms with E-state index in [1.54, 1.807) is 0 Å². The number of nitrogens with two attached hydrogens (primary N) is 1. The van der Waals surface area contributed by atoms with Crippen LogP contribution >= 0.6 is 0 Å². The summed E-state index contributed by atoms with van der Waals surface area (Å²) in [7, 11) is 0. The zero-order valence-corrected chi connectivity index (χ0v) is 12.0. The summed E-state index contributed by atoms with van der Waals surface area (Å²) < 4.78 is 0. The van der Waals surface area contributed by atoms with E-state index in [0.29, 0.717) is 11.7 Å². The normalized spacial score (nSPS) is 14.9. The molecule has 0 spiro atoms. The van der Waals surface area contributed by atoms with Crippen LogP contribution in [0.2, 0.25) is 0 Å². The SMILES string of the molecule is CCN(CC)CCCNc1cc(N)nc(C2CC2)n1. The predicted octanol–water partition coefficient (Wildman–Crippen LogP) is 2.08. The van der Waals surface area contributed by atoms with Crippen LogP contribution in [0.5, 0.6) is 0 Å². The summed E-state index contributed by atoms with van der Waals surface area (Å²) >= 11 is 0. The van der Waals surface area contributed by atoms with Crippen molar-refractivity contribution in [3.63, 3.8) is 0 Å². The number of hydrogen-bond donors (Lipinski definition) is 2. The highest BCUT2D eigenvalue weighted by molar-refractivity contribution is 5.45. The van der Waals surface area contributed by atoms with E-state index in [4.69, 9.17) is 5.73 Å². The molecule has 5 heteroatoms. The van der Waals surface area contributed by atoms with Crippen LogP contribution in [-0.2, 0) is 0 Å². The molecule has 19 heavy (non-hydrogen) atoms. The maximum atomic E-state index is 5.82. The second-order valence-corrected chi connectivity index (χ2v) is 5.12. The Kier molecular flexibility index (Phi) is 4.96. The Hall–Kier alpha value is -1.36. The first-order valence-corrected chi connectivity index (χ1v) is 7.33. The van der Waals surface area contributed by atoms with Crippen LogP contribution < -0.4 is 11.1 Å². The van der Waals surface area contributed by atoms with Gasteiger partial charge in [-0.25, -0.2) is 9.97 Å². The van der Waals surface area contributed by atoms with E-state index in [-0.39, 0.29) is 0 Å². The van der Waals surface area contributed by atoms with Crippen molar-refractivity contribution in [2.45, 2.75) is 39.0 Å². The van der Waals surface area contributed by atoms with Gasteiger partial charge in [-0.15, -0.1) is 0 Å². The van der Waals surface area contributed by atoms with Crippen molar-refractivity contribution in [1.29, 1.82) is 0 Å². The van der Waals surface area contributed by atoms with Crippen LogP contribution in [0.15, 0.2) is 6.07 Å². The van der Waals surface area contributed by atoms with E-state index in [2.05, 4.69) is 34.0 Å². The summed E-state index contributed by atoms with van der Waals surface area (Å²) in [4.78, 5) is 11.3. The quantitative estimate of drug-likeness (QED) is 0.703. The molecule has 1 aliphatic rings. The van der Waals surface area contributed by atoms with E-state index in [9.17, 15) is 0 Å². The third-order valence-corrected chi connectivity index (χ3v) is 3.56. The minimum Gasteiger partial charge on any atom is -0.384 e. The van der Waals surface area contributed by atoms with E-state index in [0.717, 1.165) is 44.2 Å². The van der Waals surface area contributed by atoms with Gasteiger partial charge in [-0.2, -0.15) is 0 Å². The van der Waals surface area contributed by atoms with Crippen LogP contribution in [0, 0.1) is 0 Å². The molecule has 106 valence electrons. The molecule has 1 saturated carbocycles. The van der Waals surface area contributed by atoms with E-state index in [1.807, 2.05) is 6.07 Å². The van der Waals surface area contributed by atoms with Gasteiger partial charge in [-0.05, 0) is 38.9 Å². The Morgan fingerprint density at radius 3 is 2.68 bits per heavy atom. The lowest BCUT2D eigenvalue weighted by molar-refractivity contribution is 0.303. The molecule has 0 unspecified atom stereocenters. The zero-order chi connectivity index (χ0) is 13.7. The molecule has 1 heterocycles. The molecule has 5 nitrogen and oxygen atoms in total. The number of rotatable bonds is 8. The van der Waals surface area contributed by atoms with Gasteiger partial charge in [-0.1, -0.05) is 13.8 Å². The molecule has 0 saturated heterocycles. The topological polar surface area (TPSA) is 67.1 Å². The molecule has 0 aromatic carbocycles. The van der Waals surface area contributed by atoms with Crippen LogP contribution in [-0.4, -0.2) is 41.0 Å². The number of nitrogens with zero attached hydrogens (tertiary/aromatic N) is 3. The molecule has 3 N–H and O–H groups in total. The summed E-state index contributed by atoms with van der Waals surface area (Å²) in [6.45, 7) is 8.67. The maximum absolute atomic E-state index is 5.82. The van der Waals surface area contributed by atoms with E-state index < -0.39 is 0 Å². The molecule has 1 aromatic heterocycles. The number of aromatic nitrogens is 2. The van der Waals surface area contributed by atoms with Crippen molar-refractivity contribution in [2.24, 2.45) is 0 Å². The summed E-state index contributed by atoms with van der Waals surface area (Å²) in [6.07, 6.45) is 3.51. The highest BCUT2D eigenvalue weighted by Crippen LogP contribution is 2.38. The Labute approximate surface area is 115 Å².